The van der Waals surface area contributed by atoms with Gasteiger partial charge in [0.15, 0.2) is 15.0 Å². The second-order valence-corrected chi connectivity index (χ2v) is 9.14. The molecule has 1 atom stereocenters. The van der Waals surface area contributed by atoms with Gasteiger partial charge in [-0.15, -0.1) is 11.3 Å². The third-order valence-electron chi connectivity index (χ3n) is 4.35. The molecular weight excluding hydrogens is 374 g/mol. The van der Waals surface area contributed by atoms with Gasteiger partial charge in [0.2, 0.25) is 5.91 Å². The molecule has 0 spiro atoms. The van der Waals surface area contributed by atoms with E-state index in [1.165, 1.54) is 28.4 Å². The van der Waals surface area contributed by atoms with Gasteiger partial charge in [0.05, 0.1) is 4.90 Å². The molecule has 0 bridgehead atoms. The molecule has 1 aliphatic heterocycles. The molecule has 1 aliphatic rings. The number of hydrogen-bond donors (Lipinski definition) is 1. The van der Waals surface area contributed by atoms with Gasteiger partial charge in [0.1, 0.15) is 6.04 Å². The molecule has 26 heavy (non-hydrogen) atoms. The summed E-state index contributed by atoms with van der Waals surface area (Å²) in [7, 11) is -3.42. The Bertz CT molecular complexity index is 939. The van der Waals surface area contributed by atoms with Crippen molar-refractivity contribution in [1.29, 1.82) is 0 Å². The highest BCUT2D eigenvalue weighted by molar-refractivity contribution is 7.90. The van der Waals surface area contributed by atoms with E-state index in [0.717, 1.165) is 6.26 Å². The minimum absolute atomic E-state index is 0.0921. The molecule has 0 saturated carbocycles. The fourth-order valence-electron chi connectivity index (χ4n) is 2.97. The van der Waals surface area contributed by atoms with Gasteiger partial charge >= 0.3 is 0 Å². The quantitative estimate of drug-likeness (QED) is 0.858. The first kappa shape index (κ1) is 18.5. The first-order chi connectivity index (χ1) is 12.3. The molecule has 7 nitrogen and oxygen atoms in total. The maximum Gasteiger partial charge on any atom is 0.254 e. The van der Waals surface area contributed by atoms with Crippen LogP contribution in [0.4, 0.5) is 5.13 Å². The number of hydrogen-bond acceptors (Lipinski definition) is 6. The lowest BCUT2D eigenvalue weighted by molar-refractivity contribution is -0.119. The third kappa shape index (κ3) is 3.78. The monoisotopic (exact) mass is 393 g/mol. The van der Waals surface area contributed by atoms with Gasteiger partial charge in [-0.3, -0.25) is 9.59 Å². The van der Waals surface area contributed by atoms with Crippen LogP contribution in [-0.4, -0.2) is 49.0 Å². The Morgan fingerprint density at radius 1 is 1.35 bits per heavy atom. The summed E-state index contributed by atoms with van der Waals surface area (Å²) in [6, 6.07) is 3.90. The van der Waals surface area contributed by atoms with E-state index in [9.17, 15) is 18.0 Å². The van der Waals surface area contributed by atoms with Crippen LogP contribution >= 0.6 is 11.3 Å². The lowest BCUT2D eigenvalue weighted by Gasteiger charge is -2.24. The molecule has 0 radical (unpaired) electrons. The molecule has 9 heteroatoms. The van der Waals surface area contributed by atoms with Crippen LogP contribution in [0.5, 0.6) is 0 Å². The van der Waals surface area contributed by atoms with E-state index in [0.29, 0.717) is 35.6 Å². The van der Waals surface area contributed by atoms with Crippen LogP contribution in [0.2, 0.25) is 0 Å². The summed E-state index contributed by atoms with van der Waals surface area (Å²) in [5, 5.41) is 4.98. The number of aromatic nitrogens is 1. The molecule has 2 amide bonds. The minimum Gasteiger partial charge on any atom is -0.327 e. The second kappa shape index (κ2) is 7.16. The summed E-state index contributed by atoms with van der Waals surface area (Å²) in [6.45, 7) is 2.21. The summed E-state index contributed by atoms with van der Waals surface area (Å²) in [6.07, 6.45) is 3.98. The number of rotatable bonds is 4. The van der Waals surface area contributed by atoms with Gasteiger partial charge in [-0.25, -0.2) is 13.4 Å². The molecule has 1 saturated heterocycles. The van der Waals surface area contributed by atoms with Crippen LogP contribution in [0.15, 0.2) is 34.7 Å². The van der Waals surface area contributed by atoms with Crippen LogP contribution in [-0.2, 0) is 14.6 Å². The van der Waals surface area contributed by atoms with Gasteiger partial charge in [-0.1, -0.05) is 6.07 Å². The van der Waals surface area contributed by atoms with Crippen molar-refractivity contribution < 1.29 is 18.0 Å². The summed E-state index contributed by atoms with van der Waals surface area (Å²) < 4.78 is 23.6. The van der Waals surface area contributed by atoms with Crippen molar-refractivity contribution in [2.75, 3.05) is 18.1 Å². The van der Waals surface area contributed by atoms with E-state index in [-0.39, 0.29) is 16.7 Å². The molecule has 2 aromatic rings. The molecule has 2 heterocycles. The van der Waals surface area contributed by atoms with Crippen LogP contribution in [0.1, 0.15) is 28.8 Å². The Hall–Kier alpha value is -2.26. The van der Waals surface area contributed by atoms with Crippen molar-refractivity contribution in [2.45, 2.75) is 30.7 Å². The van der Waals surface area contributed by atoms with E-state index in [4.69, 9.17) is 0 Å². The van der Waals surface area contributed by atoms with Crippen LogP contribution in [0.3, 0.4) is 0 Å². The highest BCUT2D eigenvalue weighted by Gasteiger charge is 2.35. The predicted octanol–water partition coefficient (Wildman–Crippen LogP) is 2.10. The number of sulfone groups is 1. The third-order valence-corrected chi connectivity index (χ3v) is 6.15. The van der Waals surface area contributed by atoms with E-state index in [2.05, 4.69) is 10.3 Å². The largest absolute Gasteiger partial charge is 0.327 e. The Kier molecular flexibility index (Phi) is 5.10. The molecule has 1 fully saturated rings. The van der Waals surface area contributed by atoms with E-state index < -0.39 is 15.9 Å². The molecule has 138 valence electrons. The van der Waals surface area contributed by atoms with Crippen LogP contribution in [0, 0.1) is 6.92 Å². The number of amides is 2. The Morgan fingerprint density at radius 2 is 2.12 bits per heavy atom. The van der Waals surface area contributed by atoms with E-state index >= 15 is 0 Å². The molecule has 3 rings (SSSR count). The standard InChI is InChI=1S/C17H19N3O4S2/c1-11-5-6-12(26(2,23)24)10-13(11)16(22)20-8-3-4-14(20)15(21)19-17-18-7-9-25-17/h5-7,9-10,14H,3-4,8H2,1-2H3,(H,18,19,21). The van der Waals surface area contributed by atoms with Crippen LogP contribution < -0.4 is 5.32 Å². The Labute approximate surface area is 156 Å². The number of carbonyl (C=O) groups is 2. The Morgan fingerprint density at radius 3 is 2.77 bits per heavy atom. The maximum absolute atomic E-state index is 13.0. The number of nitrogens with zero attached hydrogens (tertiary/aromatic N) is 2. The normalized spacial score (nSPS) is 17.3. The first-order valence-electron chi connectivity index (χ1n) is 8.09. The van der Waals surface area contributed by atoms with Crippen molar-refractivity contribution in [3.8, 4) is 0 Å². The number of likely N-dealkylation sites (tertiary alicyclic amines) is 1. The molecule has 1 aromatic carbocycles. The van der Waals surface area contributed by atoms with Gasteiger partial charge in [0.25, 0.3) is 5.91 Å². The minimum atomic E-state index is -3.42. The fourth-order valence-corrected chi connectivity index (χ4v) is 4.15. The van der Waals surface area contributed by atoms with Gasteiger partial charge in [-0.2, -0.15) is 0 Å². The van der Waals surface area contributed by atoms with E-state index in [1.807, 2.05) is 0 Å². The van der Waals surface area contributed by atoms with Crippen molar-refractivity contribution >= 4 is 38.1 Å². The molecule has 0 aliphatic carbocycles. The lowest BCUT2D eigenvalue weighted by atomic mass is 10.1. The number of carbonyl (C=O) groups excluding carboxylic acids is 2. The van der Waals surface area contributed by atoms with Gasteiger partial charge in [-0.05, 0) is 37.5 Å². The SMILES string of the molecule is Cc1ccc(S(C)(=O)=O)cc1C(=O)N1CCCC1C(=O)Nc1nccs1. The summed E-state index contributed by atoms with van der Waals surface area (Å²) in [5.41, 5.74) is 0.982. The molecule has 1 N–H and O–H groups in total. The van der Waals surface area contributed by atoms with Crippen molar-refractivity contribution in [2.24, 2.45) is 0 Å². The van der Waals surface area contributed by atoms with Gasteiger partial charge < -0.3 is 10.2 Å². The second-order valence-electron chi connectivity index (χ2n) is 6.23. The highest BCUT2D eigenvalue weighted by atomic mass is 32.2. The first-order valence-corrected chi connectivity index (χ1v) is 10.9. The number of nitrogens with one attached hydrogen (secondary N) is 1. The summed E-state index contributed by atoms with van der Waals surface area (Å²) >= 11 is 1.31. The summed E-state index contributed by atoms with van der Waals surface area (Å²) in [4.78, 5) is 31.2. The van der Waals surface area contributed by atoms with Gasteiger partial charge in [0, 0.05) is 29.9 Å². The zero-order valence-corrected chi connectivity index (χ0v) is 16.1. The zero-order valence-electron chi connectivity index (χ0n) is 14.4. The summed E-state index contributed by atoms with van der Waals surface area (Å²) in [5.74, 6) is -0.604. The average molecular weight is 393 g/mol. The number of benzene rings is 1. The predicted molar refractivity (Wildman–Crippen MR) is 99.1 cm³/mol. The number of anilines is 1. The molecular formula is C17H19N3O4S2. The molecule has 1 unspecified atom stereocenters. The average Bonchev–Trinajstić information content (AvgIpc) is 3.24. The van der Waals surface area contributed by atoms with Crippen molar-refractivity contribution in [3.05, 3.63) is 40.9 Å². The number of aryl methyl sites for hydroxylation is 1. The Balaban J connectivity index is 1.85. The smallest absolute Gasteiger partial charge is 0.254 e. The maximum atomic E-state index is 13.0. The number of thiazole rings is 1. The van der Waals surface area contributed by atoms with Crippen molar-refractivity contribution in [3.63, 3.8) is 0 Å². The van der Waals surface area contributed by atoms with Crippen LogP contribution in [0.25, 0.3) is 0 Å². The highest BCUT2D eigenvalue weighted by Crippen LogP contribution is 2.25. The fraction of sp³-hybridized carbons (Fsp3) is 0.353. The molecule has 1 aromatic heterocycles. The zero-order chi connectivity index (χ0) is 18.9. The topological polar surface area (TPSA) is 96.4 Å². The van der Waals surface area contributed by atoms with Crippen molar-refractivity contribution in [1.82, 2.24) is 9.88 Å². The van der Waals surface area contributed by atoms with E-state index in [1.54, 1.807) is 24.6 Å². The lowest BCUT2D eigenvalue weighted by Crippen LogP contribution is -2.43.